The molecule has 3 atom stereocenters. The number of hydrogen-bond acceptors (Lipinski definition) is 7. The van der Waals surface area contributed by atoms with Gasteiger partial charge in [-0.1, -0.05) is 0 Å². The van der Waals surface area contributed by atoms with E-state index in [1.165, 1.54) is 10.8 Å². The monoisotopic (exact) mass is 272 g/mol. The molecule has 0 unspecified atom stereocenters. The van der Waals surface area contributed by atoms with Crippen molar-refractivity contribution >= 4 is 0 Å². The number of H-pyrrole nitrogens is 1. The minimum absolute atomic E-state index is 0.0469. The number of nitrogens with zero attached hydrogens (tertiary/aromatic N) is 1. The van der Waals surface area contributed by atoms with Gasteiger partial charge in [0.05, 0.1) is 12.7 Å². The Balaban J connectivity index is 2.18. The van der Waals surface area contributed by atoms with Gasteiger partial charge >= 0.3 is 5.69 Å². The van der Waals surface area contributed by atoms with Crippen LogP contribution in [0.4, 0.5) is 0 Å². The summed E-state index contributed by atoms with van der Waals surface area (Å²) in [4.78, 5) is 29.9. The molecule has 5 N–H and O–H groups in total. The van der Waals surface area contributed by atoms with Crippen molar-refractivity contribution < 1.29 is 14.7 Å². The Morgan fingerprint density at radius 3 is 3.11 bits per heavy atom. The number of hydrazine groups is 1. The molecule has 19 heavy (non-hydrogen) atoms. The van der Waals surface area contributed by atoms with Gasteiger partial charge in [-0.3, -0.25) is 19.2 Å². The number of aliphatic hydroxyl groups excluding tert-OH is 1. The van der Waals surface area contributed by atoms with Crippen molar-refractivity contribution in [1.82, 2.24) is 15.1 Å². The maximum Gasteiger partial charge on any atom is 0.330 e. The fourth-order valence-corrected chi connectivity index (χ4v) is 1.97. The Hall–Kier alpha value is -1.52. The van der Waals surface area contributed by atoms with Crippen LogP contribution in [0.3, 0.4) is 0 Å². The number of hydrogen-bond donors (Lipinski definition) is 4. The van der Waals surface area contributed by atoms with Gasteiger partial charge in [0.25, 0.3) is 5.56 Å². The molecule has 0 aliphatic carbocycles. The lowest BCUT2D eigenvalue weighted by atomic mass is 10.2. The molecule has 0 saturated carbocycles. The SMILES string of the molecule is Cc1cn([C@H]2C[C@H](O)[C@@H](CONN)O2)c(=O)[nH]c1=O. The third-order valence-corrected chi connectivity index (χ3v) is 2.99. The first-order chi connectivity index (χ1) is 9.02. The van der Waals surface area contributed by atoms with Crippen LogP contribution < -0.4 is 22.7 Å². The number of nitrogens with two attached hydrogens (primary N) is 1. The minimum atomic E-state index is -0.780. The fraction of sp³-hybridized carbons (Fsp3) is 0.600. The highest BCUT2D eigenvalue weighted by Gasteiger charge is 2.35. The quantitative estimate of drug-likeness (QED) is 0.364. The van der Waals surface area contributed by atoms with Crippen molar-refractivity contribution in [2.75, 3.05) is 6.61 Å². The van der Waals surface area contributed by atoms with E-state index in [1.807, 2.05) is 5.59 Å². The molecule has 0 radical (unpaired) electrons. The topological polar surface area (TPSA) is 132 Å². The van der Waals surface area contributed by atoms with Gasteiger partial charge in [-0.25, -0.2) is 10.6 Å². The zero-order valence-corrected chi connectivity index (χ0v) is 10.3. The maximum absolute atomic E-state index is 11.7. The summed E-state index contributed by atoms with van der Waals surface area (Å²) in [6.07, 6.45) is -0.394. The van der Waals surface area contributed by atoms with E-state index in [2.05, 4.69) is 4.98 Å². The molecule has 0 aromatic carbocycles. The first-order valence-electron chi connectivity index (χ1n) is 5.76. The fourth-order valence-electron chi connectivity index (χ4n) is 1.97. The molecule has 106 valence electrons. The molecule has 2 rings (SSSR count). The summed E-state index contributed by atoms with van der Waals surface area (Å²) in [6, 6.07) is 0. The molecule has 9 nitrogen and oxygen atoms in total. The Bertz CT molecular complexity index is 554. The minimum Gasteiger partial charge on any atom is -0.390 e. The number of rotatable bonds is 4. The smallest absolute Gasteiger partial charge is 0.330 e. The molecule has 1 aliphatic rings. The van der Waals surface area contributed by atoms with Gasteiger partial charge in [-0.05, 0) is 6.92 Å². The highest BCUT2D eigenvalue weighted by Crippen LogP contribution is 2.27. The van der Waals surface area contributed by atoms with E-state index in [9.17, 15) is 14.7 Å². The van der Waals surface area contributed by atoms with Crippen molar-refractivity contribution in [2.45, 2.75) is 31.8 Å². The average molecular weight is 272 g/mol. The first kappa shape index (κ1) is 13.9. The van der Waals surface area contributed by atoms with E-state index >= 15 is 0 Å². The number of aliphatic hydroxyl groups is 1. The second kappa shape index (κ2) is 5.63. The van der Waals surface area contributed by atoms with E-state index in [-0.39, 0.29) is 13.0 Å². The lowest BCUT2D eigenvalue weighted by Crippen LogP contribution is -2.34. The zero-order chi connectivity index (χ0) is 14.0. The van der Waals surface area contributed by atoms with Crippen LogP contribution in [0, 0.1) is 6.92 Å². The molecular weight excluding hydrogens is 256 g/mol. The molecule has 1 aromatic heterocycles. The standard InChI is InChI=1S/C10H16N4O5/c1-5-3-14(10(17)12-9(5)16)8-2-6(15)7(19-8)4-18-13-11/h3,6-8,13,15H,2,4,11H2,1H3,(H,12,16,17)/t6-,7+,8+/m0/s1. The Labute approximate surface area is 107 Å². The van der Waals surface area contributed by atoms with E-state index in [0.29, 0.717) is 5.56 Å². The van der Waals surface area contributed by atoms with Crippen molar-refractivity contribution in [3.8, 4) is 0 Å². The third kappa shape index (κ3) is 2.91. The van der Waals surface area contributed by atoms with Crippen LogP contribution in [0.25, 0.3) is 0 Å². The summed E-state index contributed by atoms with van der Waals surface area (Å²) >= 11 is 0. The molecule has 0 bridgehead atoms. The average Bonchev–Trinajstić information content (AvgIpc) is 2.72. The molecule has 1 aliphatic heterocycles. The predicted octanol–water partition coefficient (Wildman–Crippen LogP) is -2.11. The zero-order valence-electron chi connectivity index (χ0n) is 10.3. The van der Waals surface area contributed by atoms with Gasteiger partial charge in [0.1, 0.15) is 12.3 Å². The maximum atomic E-state index is 11.7. The number of aromatic amines is 1. The predicted molar refractivity (Wildman–Crippen MR) is 63.9 cm³/mol. The van der Waals surface area contributed by atoms with Crippen LogP contribution in [0.2, 0.25) is 0 Å². The molecule has 0 amide bonds. The lowest BCUT2D eigenvalue weighted by Gasteiger charge is -2.15. The van der Waals surface area contributed by atoms with Crippen molar-refractivity contribution in [2.24, 2.45) is 5.84 Å². The van der Waals surface area contributed by atoms with Gasteiger partial charge in [0, 0.05) is 18.2 Å². The lowest BCUT2D eigenvalue weighted by molar-refractivity contribution is -0.0861. The molecule has 1 fully saturated rings. The summed E-state index contributed by atoms with van der Waals surface area (Å²) in [6.45, 7) is 1.63. The van der Waals surface area contributed by atoms with Crippen molar-refractivity contribution in [3.05, 3.63) is 32.6 Å². The van der Waals surface area contributed by atoms with E-state index in [1.54, 1.807) is 6.92 Å². The van der Waals surface area contributed by atoms with Crippen LogP contribution in [0.15, 0.2) is 15.8 Å². The normalized spacial score (nSPS) is 26.8. The second-order valence-electron chi connectivity index (χ2n) is 4.34. The van der Waals surface area contributed by atoms with Gasteiger partial charge < -0.3 is 9.84 Å². The Kier molecular flexibility index (Phi) is 4.12. The van der Waals surface area contributed by atoms with Gasteiger partial charge in [-0.15, -0.1) is 5.59 Å². The number of aromatic nitrogens is 2. The summed E-state index contributed by atoms with van der Waals surface area (Å²) in [5.41, 5.74) is 1.36. The summed E-state index contributed by atoms with van der Waals surface area (Å²) in [5, 5.41) is 9.80. The van der Waals surface area contributed by atoms with Crippen molar-refractivity contribution in [1.29, 1.82) is 0 Å². The Morgan fingerprint density at radius 2 is 2.42 bits per heavy atom. The third-order valence-electron chi connectivity index (χ3n) is 2.99. The van der Waals surface area contributed by atoms with Crippen LogP contribution >= 0.6 is 0 Å². The van der Waals surface area contributed by atoms with Crippen molar-refractivity contribution in [3.63, 3.8) is 0 Å². The summed E-state index contributed by atoms with van der Waals surface area (Å²) in [7, 11) is 0. The highest BCUT2D eigenvalue weighted by atomic mass is 16.7. The van der Waals surface area contributed by atoms with Gasteiger partial charge in [0.15, 0.2) is 0 Å². The number of ether oxygens (including phenoxy) is 1. The molecular formula is C10H16N4O5. The van der Waals surface area contributed by atoms with E-state index < -0.39 is 29.7 Å². The summed E-state index contributed by atoms with van der Waals surface area (Å²) < 4.78 is 6.75. The largest absolute Gasteiger partial charge is 0.390 e. The molecule has 2 heterocycles. The van der Waals surface area contributed by atoms with Crippen LogP contribution in [-0.2, 0) is 9.57 Å². The van der Waals surface area contributed by atoms with Crippen LogP contribution in [0.5, 0.6) is 0 Å². The van der Waals surface area contributed by atoms with E-state index in [0.717, 1.165) is 0 Å². The second-order valence-corrected chi connectivity index (χ2v) is 4.34. The first-order valence-corrected chi connectivity index (χ1v) is 5.76. The summed E-state index contributed by atoms with van der Waals surface area (Å²) in [5.74, 6) is 4.95. The van der Waals surface area contributed by atoms with Crippen LogP contribution in [0.1, 0.15) is 18.2 Å². The molecule has 0 spiro atoms. The van der Waals surface area contributed by atoms with Crippen LogP contribution in [-0.4, -0.2) is 33.5 Å². The van der Waals surface area contributed by atoms with Gasteiger partial charge in [-0.2, -0.15) is 0 Å². The number of aryl methyl sites for hydroxylation is 1. The molecule has 1 saturated heterocycles. The molecule has 1 aromatic rings. The molecule has 9 heteroatoms. The Morgan fingerprint density at radius 1 is 1.68 bits per heavy atom. The highest BCUT2D eigenvalue weighted by molar-refractivity contribution is 5.02. The van der Waals surface area contributed by atoms with E-state index in [4.69, 9.17) is 15.4 Å². The van der Waals surface area contributed by atoms with Gasteiger partial charge in [0.2, 0.25) is 0 Å². The number of nitrogens with one attached hydrogen (secondary N) is 2.